The molecule has 0 amide bonds. The van der Waals surface area contributed by atoms with Gasteiger partial charge in [0.15, 0.2) is 15.8 Å². The molecular formula is C18H37IN4O2S. The first-order chi connectivity index (χ1) is 11.7. The lowest BCUT2D eigenvalue weighted by Gasteiger charge is -2.39. The summed E-state index contributed by atoms with van der Waals surface area (Å²) in [5, 5.41) is 3.35. The van der Waals surface area contributed by atoms with Crippen LogP contribution in [-0.4, -0.2) is 80.0 Å². The average molecular weight is 500 g/mol. The number of likely N-dealkylation sites (tertiary alicyclic amines) is 1. The summed E-state index contributed by atoms with van der Waals surface area (Å²) in [6.45, 7) is 15.1. The molecule has 2 rings (SSSR count). The van der Waals surface area contributed by atoms with E-state index < -0.39 is 14.6 Å². The monoisotopic (exact) mass is 500 g/mol. The Labute approximate surface area is 177 Å². The lowest BCUT2D eigenvalue weighted by molar-refractivity contribution is 0.150. The van der Waals surface area contributed by atoms with Crippen LogP contribution < -0.4 is 5.32 Å². The minimum atomic E-state index is -3.03. The molecule has 1 atom stereocenters. The van der Waals surface area contributed by atoms with E-state index in [1.54, 1.807) is 0 Å². The molecule has 2 saturated heterocycles. The van der Waals surface area contributed by atoms with Crippen molar-refractivity contribution in [1.82, 2.24) is 15.1 Å². The highest BCUT2D eigenvalue weighted by atomic mass is 127. The number of hydrogen-bond acceptors (Lipinski definition) is 4. The number of nitrogens with zero attached hydrogens (tertiary/aromatic N) is 3. The van der Waals surface area contributed by atoms with Gasteiger partial charge in [0.25, 0.3) is 0 Å². The topological polar surface area (TPSA) is 65.0 Å². The van der Waals surface area contributed by atoms with Crippen LogP contribution in [0.1, 0.15) is 47.5 Å². The standard InChI is InChI=1S/C18H36N4O2S.HI/c1-6-19-17(22-11-12-25(23,24)18(4,5)14-22)20-13-16(3)21-9-7-15(2)8-10-21;/h15-16H,6-14H2,1-5H3,(H,19,20);1H. The van der Waals surface area contributed by atoms with Crippen LogP contribution in [0.25, 0.3) is 0 Å². The number of guanidine groups is 1. The molecule has 2 heterocycles. The van der Waals surface area contributed by atoms with E-state index in [1.807, 2.05) is 13.8 Å². The third kappa shape index (κ3) is 5.95. The quantitative estimate of drug-likeness (QED) is 0.364. The van der Waals surface area contributed by atoms with Gasteiger partial charge in [-0.25, -0.2) is 8.42 Å². The zero-order valence-corrected chi connectivity index (χ0v) is 20.1. The number of aliphatic imine (C=N–C) groups is 1. The van der Waals surface area contributed by atoms with Crippen LogP contribution in [0.3, 0.4) is 0 Å². The highest BCUT2D eigenvalue weighted by molar-refractivity contribution is 14.0. The molecule has 6 nitrogen and oxygen atoms in total. The van der Waals surface area contributed by atoms with E-state index in [-0.39, 0.29) is 29.7 Å². The number of nitrogens with one attached hydrogen (secondary N) is 1. The normalized spacial score (nSPS) is 25.4. The Morgan fingerprint density at radius 2 is 1.88 bits per heavy atom. The molecule has 0 aliphatic carbocycles. The van der Waals surface area contributed by atoms with Crippen LogP contribution in [0.2, 0.25) is 0 Å². The van der Waals surface area contributed by atoms with Crippen molar-refractivity contribution in [3.8, 4) is 0 Å². The van der Waals surface area contributed by atoms with Gasteiger partial charge in [-0.1, -0.05) is 6.92 Å². The molecular weight excluding hydrogens is 463 g/mol. The van der Waals surface area contributed by atoms with Crippen molar-refractivity contribution in [2.24, 2.45) is 10.9 Å². The van der Waals surface area contributed by atoms with Crippen LogP contribution in [0.4, 0.5) is 0 Å². The van der Waals surface area contributed by atoms with E-state index in [4.69, 9.17) is 4.99 Å². The number of sulfone groups is 1. The number of halogens is 1. The molecule has 1 N–H and O–H groups in total. The zero-order chi connectivity index (χ0) is 18.7. The molecule has 154 valence electrons. The van der Waals surface area contributed by atoms with Crippen molar-refractivity contribution in [3.63, 3.8) is 0 Å². The SMILES string of the molecule is CCNC(=NCC(C)N1CCC(C)CC1)N1CCS(=O)(=O)C(C)(C)C1.I. The minimum absolute atomic E-state index is 0. The second-order valence-corrected chi connectivity index (χ2v) is 11.0. The van der Waals surface area contributed by atoms with Crippen LogP contribution in [0, 0.1) is 5.92 Å². The summed E-state index contributed by atoms with van der Waals surface area (Å²) in [6.07, 6.45) is 2.54. The van der Waals surface area contributed by atoms with E-state index in [0.29, 0.717) is 19.1 Å². The molecule has 26 heavy (non-hydrogen) atoms. The van der Waals surface area contributed by atoms with Crippen molar-refractivity contribution >= 4 is 39.8 Å². The summed E-state index contributed by atoms with van der Waals surface area (Å²) in [6, 6.07) is 0.419. The predicted molar refractivity (Wildman–Crippen MR) is 120 cm³/mol. The van der Waals surface area contributed by atoms with E-state index in [1.165, 1.54) is 12.8 Å². The van der Waals surface area contributed by atoms with Crippen molar-refractivity contribution in [1.29, 1.82) is 0 Å². The lowest BCUT2D eigenvalue weighted by Crippen LogP contribution is -2.57. The van der Waals surface area contributed by atoms with Gasteiger partial charge in [0.1, 0.15) is 0 Å². The van der Waals surface area contributed by atoms with Crippen LogP contribution >= 0.6 is 24.0 Å². The maximum absolute atomic E-state index is 12.2. The summed E-state index contributed by atoms with van der Waals surface area (Å²) in [5.41, 5.74) is 0. The summed E-state index contributed by atoms with van der Waals surface area (Å²) < 4.78 is 23.7. The Morgan fingerprint density at radius 3 is 2.42 bits per heavy atom. The van der Waals surface area contributed by atoms with Crippen molar-refractivity contribution < 1.29 is 8.42 Å². The second-order valence-electron chi connectivity index (χ2n) is 8.26. The molecule has 1 unspecified atom stereocenters. The van der Waals surface area contributed by atoms with Gasteiger partial charge in [0.05, 0.1) is 17.0 Å². The van der Waals surface area contributed by atoms with Gasteiger partial charge in [0, 0.05) is 25.7 Å². The first-order valence-electron chi connectivity index (χ1n) is 9.66. The van der Waals surface area contributed by atoms with E-state index >= 15 is 0 Å². The van der Waals surface area contributed by atoms with Gasteiger partial charge in [-0.05, 0) is 59.5 Å². The molecule has 0 aromatic rings. The van der Waals surface area contributed by atoms with Crippen molar-refractivity contribution in [2.75, 3.05) is 45.0 Å². The highest BCUT2D eigenvalue weighted by Gasteiger charge is 2.41. The largest absolute Gasteiger partial charge is 0.357 e. The fraction of sp³-hybridized carbons (Fsp3) is 0.944. The summed E-state index contributed by atoms with van der Waals surface area (Å²) >= 11 is 0. The van der Waals surface area contributed by atoms with Crippen LogP contribution in [0.5, 0.6) is 0 Å². The fourth-order valence-electron chi connectivity index (χ4n) is 3.55. The zero-order valence-electron chi connectivity index (χ0n) is 17.0. The van der Waals surface area contributed by atoms with Gasteiger partial charge in [-0.3, -0.25) is 9.89 Å². The van der Waals surface area contributed by atoms with E-state index in [2.05, 4.69) is 35.9 Å². The molecule has 0 saturated carbocycles. The Hall–Kier alpha value is -0.0900. The lowest BCUT2D eigenvalue weighted by atomic mass is 9.98. The fourth-order valence-corrected chi connectivity index (χ4v) is 4.92. The van der Waals surface area contributed by atoms with Crippen LogP contribution in [-0.2, 0) is 9.84 Å². The summed E-state index contributed by atoms with van der Waals surface area (Å²) in [7, 11) is -3.03. The van der Waals surface area contributed by atoms with Gasteiger partial charge in [-0.2, -0.15) is 0 Å². The van der Waals surface area contributed by atoms with E-state index in [9.17, 15) is 8.42 Å². The number of piperidine rings is 1. The molecule has 0 spiro atoms. The average Bonchev–Trinajstić information content (AvgIpc) is 2.54. The molecule has 0 bridgehead atoms. The van der Waals surface area contributed by atoms with Gasteiger partial charge < -0.3 is 10.2 Å². The molecule has 2 fully saturated rings. The smallest absolute Gasteiger partial charge is 0.194 e. The molecule has 2 aliphatic heterocycles. The van der Waals surface area contributed by atoms with Gasteiger partial charge in [0.2, 0.25) is 0 Å². The maximum Gasteiger partial charge on any atom is 0.194 e. The van der Waals surface area contributed by atoms with Crippen LogP contribution in [0.15, 0.2) is 4.99 Å². The molecule has 0 aromatic heterocycles. The van der Waals surface area contributed by atoms with E-state index in [0.717, 1.165) is 38.1 Å². The first-order valence-corrected chi connectivity index (χ1v) is 11.3. The highest BCUT2D eigenvalue weighted by Crippen LogP contribution is 2.24. The summed E-state index contributed by atoms with van der Waals surface area (Å²) in [5.74, 6) is 1.88. The van der Waals surface area contributed by atoms with Crippen molar-refractivity contribution in [3.05, 3.63) is 0 Å². The first kappa shape index (κ1) is 23.9. The Bertz CT molecular complexity index is 572. The minimum Gasteiger partial charge on any atom is -0.357 e. The third-order valence-electron chi connectivity index (χ3n) is 5.62. The predicted octanol–water partition coefficient (Wildman–Crippen LogP) is 2.20. The number of rotatable bonds is 4. The number of hydrogen-bond donors (Lipinski definition) is 1. The molecule has 0 aromatic carbocycles. The van der Waals surface area contributed by atoms with Gasteiger partial charge >= 0.3 is 0 Å². The molecule has 8 heteroatoms. The van der Waals surface area contributed by atoms with Crippen molar-refractivity contribution in [2.45, 2.75) is 58.2 Å². The summed E-state index contributed by atoms with van der Waals surface area (Å²) in [4.78, 5) is 9.47. The second kappa shape index (κ2) is 9.91. The maximum atomic E-state index is 12.2. The third-order valence-corrected chi connectivity index (χ3v) is 8.16. The van der Waals surface area contributed by atoms with Gasteiger partial charge in [-0.15, -0.1) is 24.0 Å². The Balaban J connectivity index is 0.00000338. The molecule has 0 radical (unpaired) electrons. The Morgan fingerprint density at radius 1 is 1.27 bits per heavy atom. The Kier molecular flexibility index (Phi) is 9.13. The molecule has 2 aliphatic rings.